The summed E-state index contributed by atoms with van der Waals surface area (Å²) in [5.74, 6) is 1.59. The third kappa shape index (κ3) is 4.18. The van der Waals surface area contributed by atoms with Crippen LogP contribution in [0.4, 0.5) is 5.95 Å². The zero-order valence-corrected chi connectivity index (χ0v) is 19.4. The van der Waals surface area contributed by atoms with Gasteiger partial charge in [0.1, 0.15) is 11.5 Å². The highest BCUT2D eigenvalue weighted by molar-refractivity contribution is 5.83. The summed E-state index contributed by atoms with van der Waals surface area (Å²) in [4.78, 5) is 21.5. The second-order valence-electron chi connectivity index (χ2n) is 8.65. The summed E-state index contributed by atoms with van der Waals surface area (Å²) in [6, 6.07) is 31.8. The summed E-state index contributed by atoms with van der Waals surface area (Å²) in [5, 5.41) is 2.32. The van der Waals surface area contributed by atoms with Crippen LogP contribution in [0.2, 0.25) is 0 Å². The second-order valence-corrected chi connectivity index (χ2v) is 8.65. The summed E-state index contributed by atoms with van der Waals surface area (Å²) in [5.41, 5.74) is 8.75. The summed E-state index contributed by atoms with van der Waals surface area (Å²) in [7, 11) is 0. The van der Waals surface area contributed by atoms with Crippen molar-refractivity contribution in [3.63, 3.8) is 0 Å². The third-order valence-electron chi connectivity index (χ3n) is 6.15. The molecule has 0 saturated heterocycles. The van der Waals surface area contributed by atoms with Gasteiger partial charge in [-0.2, -0.15) is 4.98 Å². The minimum absolute atomic E-state index is 0.123. The number of benzene rings is 4. The van der Waals surface area contributed by atoms with E-state index in [4.69, 9.17) is 10.5 Å². The van der Waals surface area contributed by atoms with E-state index in [0.29, 0.717) is 30.0 Å². The van der Waals surface area contributed by atoms with Crippen LogP contribution < -0.4 is 16.0 Å². The van der Waals surface area contributed by atoms with Crippen LogP contribution in [0.25, 0.3) is 21.9 Å². The van der Waals surface area contributed by atoms with Crippen molar-refractivity contribution in [3.8, 4) is 11.5 Å². The molecule has 6 aromatic rings. The first-order valence-corrected chi connectivity index (χ1v) is 11.6. The predicted molar refractivity (Wildman–Crippen MR) is 141 cm³/mol. The number of hydrogen-bond donors (Lipinski definition) is 1. The molecule has 0 radical (unpaired) electrons. The molecule has 0 spiro atoms. The van der Waals surface area contributed by atoms with Crippen molar-refractivity contribution in [1.82, 2.24) is 19.1 Å². The van der Waals surface area contributed by atoms with E-state index in [9.17, 15) is 4.79 Å². The molecule has 6 rings (SSSR count). The Bertz CT molecular complexity index is 1760. The van der Waals surface area contributed by atoms with Crippen LogP contribution in [-0.2, 0) is 13.1 Å². The first kappa shape index (κ1) is 21.6. The van der Waals surface area contributed by atoms with Crippen molar-refractivity contribution in [2.75, 3.05) is 5.73 Å². The highest BCUT2D eigenvalue weighted by Gasteiger charge is 2.15. The number of nitrogens with zero attached hydrogens (tertiary/aromatic N) is 4. The van der Waals surface area contributed by atoms with E-state index >= 15 is 0 Å². The van der Waals surface area contributed by atoms with E-state index in [-0.39, 0.29) is 5.95 Å². The van der Waals surface area contributed by atoms with Crippen LogP contribution in [0.15, 0.2) is 108 Å². The number of anilines is 1. The van der Waals surface area contributed by atoms with Gasteiger partial charge >= 0.3 is 5.56 Å². The number of fused-ring (bicyclic) bond motifs is 2. The minimum atomic E-state index is -0.391. The molecule has 0 saturated carbocycles. The van der Waals surface area contributed by atoms with Crippen molar-refractivity contribution >= 4 is 27.9 Å². The summed E-state index contributed by atoms with van der Waals surface area (Å²) >= 11 is 0. The van der Waals surface area contributed by atoms with Gasteiger partial charge in [0.05, 0.1) is 12.9 Å². The number of ether oxygens (including phenoxy) is 1. The molecule has 36 heavy (non-hydrogen) atoms. The normalized spacial score (nSPS) is 11.2. The van der Waals surface area contributed by atoms with E-state index in [1.54, 1.807) is 10.9 Å². The molecule has 0 unspecified atom stereocenters. The van der Waals surface area contributed by atoms with Crippen LogP contribution in [0.1, 0.15) is 11.1 Å². The lowest BCUT2D eigenvalue weighted by Crippen LogP contribution is -2.20. The fourth-order valence-corrected chi connectivity index (χ4v) is 4.44. The number of rotatable bonds is 6. The average Bonchev–Trinajstić information content (AvgIpc) is 3.31. The number of hydrogen-bond acceptors (Lipinski definition) is 5. The minimum Gasteiger partial charge on any atom is -0.457 e. The van der Waals surface area contributed by atoms with Crippen LogP contribution in [-0.4, -0.2) is 19.1 Å². The molecule has 0 amide bonds. The highest BCUT2D eigenvalue weighted by Crippen LogP contribution is 2.24. The van der Waals surface area contributed by atoms with Crippen LogP contribution >= 0.6 is 0 Å². The van der Waals surface area contributed by atoms with Gasteiger partial charge in [0.15, 0.2) is 11.2 Å². The Morgan fingerprint density at radius 1 is 0.750 bits per heavy atom. The monoisotopic (exact) mass is 473 g/mol. The van der Waals surface area contributed by atoms with Gasteiger partial charge in [-0.1, -0.05) is 66.7 Å². The molecule has 0 bridgehead atoms. The van der Waals surface area contributed by atoms with Crippen LogP contribution in [0.3, 0.4) is 0 Å². The topological polar surface area (TPSA) is 88.0 Å². The smallest absolute Gasteiger partial charge is 0.300 e. The molecule has 2 aromatic heterocycles. The first-order chi connectivity index (χ1) is 17.6. The number of aromatic nitrogens is 4. The van der Waals surface area contributed by atoms with Gasteiger partial charge < -0.3 is 15.0 Å². The van der Waals surface area contributed by atoms with E-state index in [1.165, 1.54) is 5.39 Å². The van der Waals surface area contributed by atoms with Crippen molar-refractivity contribution in [3.05, 3.63) is 125 Å². The molecule has 176 valence electrons. The Morgan fingerprint density at radius 3 is 2.36 bits per heavy atom. The molecular weight excluding hydrogens is 450 g/mol. The maximum atomic E-state index is 12.9. The lowest BCUT2D eigenvalue weighted by molar-refractivity contribution is 0.482. The van der Waals surface area contributed by atoms with Gasteiger partial charge in [0.2, 0.25) is 5.95 Å². The molecule has 7 heteroatoms. The van der Waals surface area contributed by atoms with E-state index in [1.807, 2.05) is 71.3 Å². The largest absolute Gasteiger partial charge is 0.457 e. The second kappa shape index (κ2) is 9.03. The van der Waals surface area contributed by atoms with E-state index < -0.39 is 5.56 Å². The van der Waals surface area contributed by atoms with Gasteiger partial charge in [0, 0.05) is 6.54 Å². The number of nitrogens with two attached hydrogens (primary N) is 1. The Labute approximate surface area is 207 Å². The quantitative estimate of drug-likeness (QED) is 0.358. The van der Waals surface area contributed by atoms with Crippen LogP contribution in [0, 0.1) is 0 Å². The fourth-order valence-electron chi connectivity index (χ4n) is 4.44. The van der Waals surface area contributed by atoms with Gasteiger partial charge in [0.25, 0.3) is 0 Å². The zero-order chi connectivity index (χ0) is 24.5. The fraction of sp³-hybridized carbons (Fsp3) is 0.0690. The van der Waals surface area contributed by atoms with Gasteiger partial charge in [-0.3, -0.25) is 9.36 Å². The predicted octanol–water partition coefficient (Wildman–Crippen LogP) is 5.22. The Kier molecular flexibility index (Phi) is 5.42. The molecule has 2 heterocycles. The molecule has 4 aromatic carbocycles. The molecule has 0 aliphatic rings. The lowest BCUT2D eigenvalue weighted by atomic mass is 10.1. The summed E-state index contributed by atoms with van der Waals surface area (Å²) in [6.45, 7) is 0.900. The standard InChI is InChI=1S/C29H23N5O2/c30-29-32-28(35)26-27(31-19-33(26)17-21-13-14-22-8-4-5-9-23(22)15-21)34(29)18-20-7-6-12-25(16-20)36-24-10-2-1-3-11-24/h1-16,19H,17-18H2,(H2,30,32,35). The Hall–Kier alpha value is -4.91. The molecule has 0 aliphatic heterocycles. The highest BCUT2D eigenvalue weighted by atomic mass is 16.5. The van der Waals surface area contributed by atoms with Gasteiger partial charge in [-0.15, -0.1) is 0 Å². The van der Waals surface area contributed by atoms with Crippen molar-refractivity contribution in [2.24, 2.45) is 0 Å². The van der Waals surface area contributed by atoms with Gasteiger partial charge in [-0.05, 0) is 52.2 Å². The van der Waals surface area contributed by atoms with Crippen molar-refractivity contribution in [2.45, 2.75) is 13.1 Å². The lowest BCUT2D eigenvalue weighted by Gasteiger charge is -2.12. The number of para-hydroxylation sites is 1. The SMILES string of the molecule is Nc1nc(=O)c2c(ncn2Cc2ccc3ccccc3c2)n1Cc1cccc(Oc2ccccc2)c1. The summed E-state index contributed by atoms with van der Waals surface area (Å²) < 4.78 is 9.56. The average molecular weight is 474 g/mol. The Morgan fingerprint density at radius 2 is 1.50 bits per heavy atom. The third-order valence-corrected chi connectivity index (χ3v) is 6.15. The molecule has 0 fully saturated rings. The number of nitrogen functional groups attached to an aromatic ring is 1. The van der Waals surface area contributed by atoms with Crippen molar-refractivity contribution in [1.29, 1.82) is 0 Å². The van der Waals surface area contributed by atoms with Crippen LogP contribution in [0.5, 0.6) is 11.5 Å². The first-order valence-electron chi connectivity index (χ1n) is 11.6. The maximum Gasteiger partial charge on any atom is 0.300 e. The van der Waals surface area contributed by atoms with Crippen molar-refractivity contribution < 1.29 is 4.74 Å². The molecular formula is C29H23N5O2. The Balaban J connectivity index is 1.33. The maximum absolute atomic E-state index is 12.9. The molecule has 0 aliphatic carbocycles. The molecule has 2 N–H and O–H groups in total. The van der Waals surface area contributed by atoms with Gasteiger partial charge in [-0.25, -0.2) is 4.98 Å². The number of imidazole rings is 1. The summed E-state index contributed by atoms with van der Waals surface area (Å²) in [6.07, 6.45) is 1.67. The van der Waals surface area contributed by atoms with E-state index in [2.05, 4.69) is 40.3 Å². The van der Waals surface area contributed by atoms with E-state index in [0.717, 1.165) is 22.3 Å². The molecule has 7 nitrogen and oxygen atoms in total. The zero-order valence-electron chi connectivity index (χ0n) is 19.4. The molecule has 0 atom stereocenters.